The Morgan fingerprint density at radius 2 is 2.20 bits per heavy atom. The summed E-state index contributed by atoms with van der Waals surface area (Å²) in [6.07, 6.45) is 1.71. The van der Waals surface area contributed by atoms with E-state index >= 15 is 0 Å². The summed E-state index contributed by atoms with van der Waals surface area (Å²) in [5, 5.41) is 5.66. The molecule has 1 heterocycles. The number of carbonyl (C=O) groups is 1. The molecule has 134 valence electrons. The molecule has 0 fully saturated rings. The maximum atomic E-state index is 12.0. The number of nitrogens with zero attached hydrogens (tertiary/aromatic N) is 2. The topological polar surface area (TPSA) is 54.5 Å². The number of carbonyl (C=O) groups excluding carboxylic acids is 1. The van der Waals surface area contributed by atoms with Crippen molar-refractivity contribution in [1.82, 2.24) is 15.2 Å². The van der Waals surface area contributed by atoms with Crippen LogP contribution in [0, 0.1) is 13.8 Å². The average molecular weight is 359 g/mol. The van der Waals surface area contributed by atoms with E-state index in [1.165, 1.54) is 11.1 Å². The van der Waals surface area contributed by atoms with E-state index in [1.807, 2.05) is 24.4 Å². The summed E-state index contributed by atoms with van der Waals surface area (Å²) >= 11 is 1.54. The predicted molar refractivity (Wildman–Crippen MR) is 102 cm³/mol. The van der Waals surface area contributed by atoms with Crippen LogP contribution in [0.2, 0.25) is 0 Å². The summed E-state index contributed by atoms with van der Waals surface area (Å²) < 4.78 is 5.82. The minimum atomic E-state index is -0.108. The minimum Gasteiger partial charge on any atom is -0.486 e. The molecule has 0 aliphatic heterocycles. The molecule has 0 radical (unpaired) electrons. The van der Waals surface area contributed by atoms with Crippen molar-refractivity contribution in [3.05, 3.63) is 58.1 Å². The van der Waals surface area contributed by atoms with E-state index in [0.29, 0.717) is 26.2 Å². The summed E-state index contributed by atoms with van der Waals surface area (Å²) in [4.78, 5) is 18.3. The Bertz CT molecular complexity index is 727. The van der Waals surface area contributed by atoms with Gasteiger partial charge in [-0.25, -0.2) is 9.78 Å². The number of benzene rings is 1. The molecule has 2 aromatic rings. The lowest BCUT2D eigenvalue weighted by molar-refractivity contribution is 0.201. The van der Waals surface area contributed by atoms with Crippen LogP contribution < -0.4 is 10.1 Å². The molecule has 1 aromatic heterocycles. The van der Waals surface area contributed by atoms with Crippen LogP contribution in [0.25, 0.3) is 0 Å². The Morgan fingerprint density at radius 3 is 2.88 bits per heavy atom. The molecule has 0 saturated heterocycles. The van der Waals surface area contributed by atoms with Gasteiger partial charge in [0, 0.05) is 18.5 Å². The van der Waals surface area contributed by atoms with Gasteiger partial charge in [-0.3, -0.25) is 0 Å². The summed E-state index contributed by atoms with van der Waals surface area (Å²) in [7, 11) is 0. The third-order valence-corrected chi connectivity index (χ3v) is 4.63. The number of hydrogen-bond acceptors (Lipinski definition) is 4. The van der Waals surface area contributed by atoms with Crippen molar-refractivity contribution in [2.75, 3.05) is 13.1 Å². The molecule has 0 saturated carbocycles. The number of aryl methyl sites for hydroxylation is 2. The van der Waals surface area contributed by atoms with Gasteiger partial charge in [0.15, 0.2) is 0 Å². The molecular formula is C19H25N3O2S. The Morgan fingerprint density at radius 1 is 1.40 bits per heavy atom. The molecule has 6 heteroatoms. The first kappa shape index (κ1) is 19.0. The summed E-state index contributed by atoms with van der Waals surface area (Å²) in [6, 6.07) is 5.95. The van der Waals surface area contributed by atoms with Gasteiger partial charge in [0.2, 0.25) is 0 Å². The monoisotopic (exact) mass is 359 g/mol. The average Bonchev–Trinajstić information content (AvgIpc) is 3.03. The first-order chi connectivity index (χ1) is 12.0. The van der Waals surface area contributed by atoms with Crippen molar-refractivity contribution >= 4 is 17.4 Å². The minimum absolute atomic E-state index is 0.108. The number of amides is 2. The highest BCUT2D eigenvalue weighted by Gasteiger charge is 2.13. The zero-order valence-corrected chi connectivity index (χ0v) is 15.9. The van der Waals surface area contributed by atoms with E-state index in [0.717, 1.165) is 16.5 Å². The molecule has 5 nitrogen and oxygen atoms in total. The fraction of sp³-hybridized carbons (Fsp3) is 0.368. The zero-order chi connectivity index (χ0) is 18.2. The Hall–Kier alpha value is -2.34. The van der Waals surface area contributed by atoms with E-state index in [2.05, 4.69) is 36.8 Å². The number of nitrogens with one attached hydrogen (secondary N) is 1. The fourth-order valence-corrected chi connectivity index (χ4v) is 2.97. The zero-order valence-electron chi connectivity index (χ0n) is 15.0. The third kappa shape index (κ3) is 5.60. The molecule has 0 unspecified atom stereocenters. The number of hydrogen-bond donors (Lipinski definition) is 1. The highest BCUT2D eigenvalue weighted by atomic mass is 32.1. The Balaban J connectivity index is 1.95. The second-order valence-electron chi connectivity index (χ2n) is 5.77. The number of ether oxygens (including phenoxy) is 1. The highest BCUT2D eigenvalue weighted by molar-refractivity contribution is 7.09. The van der Waals surface area contributed by atoms with Gasteiger partial charge in [-0.2, -0.15) is 0 Å². The van der Waals surface area contributed by atoms with Gasteiger partial charge in [0.1, 0.15) is 17.4 Å². The van der Waals surface area contributed by atoms with E-state index in [-0.39, 0.29) is 6.03 Å². The molecule has 25 heavy (non-hydrogen) atoms. The third-order valence-electron chi connectivity index (χ3n) is 3.76. The maximum Gasteiger partial charge on any atom is 0.318 e. The van der Waals surface area contributed by atoms with Crippen molar-refractivity contribution < 1.29 is 9.53 Å². The van der Waals surface area contributed by atoms with Crippen LogP contribution in [0.4, 0.5) is 4.79 Å². The van der Waals surface area contributed by atoms with Crippen molar-refractivity contribution in [2.24, 2.45) is 0 Å². The van der Waals surface area contributed by atoms with Crippen molar-refractivity contribution in [3.63, 3.8) is 0 Å². The van der Waals surface area contributed by atoms with Crippen molar-refractivity contribution in [3.8, 4) is 5.75 Å². The maximum absolute atomic E-state index is 12.0. The Kier molecular flexibility index (Phi) is 7.01. The van der Waals surface area contributed by atoms with E-state index in [9.17, 15) is 4.79 Å². The molecule has 2 amide bonds. The van der Waals surface area contributed by atoms with Gasteiger partial charge >= 0.3 is 6.03 Å². The van der Waals surface area contributed by atoms with Crippen molar-refractivity contribution in [1.29, 1.82) is 0 Å². The number of aromatic nitrogens is 1. The van der Waals surface area contributed by atoms with Gasteiger partial charge in [-0.1, -0.05) is 12.1 Å². The molecule has 0 atom stereocenters. The summed E-state index contributed by atoms with van der Waals surface area (Å²) in [5.74, 6) is 0.843. The largest absolute Gasteiger partial charge is 0.486 e. The van der Waals surface area contributed by atoms with Crippen LogP contribution in [0.3, 0.4) is 0 Å². The second-order valence-corrected chi connectivity index (χ2v) is 6.71. The van der Waals surface area contributed by atoms with Gasteiger partial charge in [0.25, 0.3) is 0 Å². The highest BCUT2D eigenvalue weighted by Crippen LogP contribution is 2.19. The van der Waals surface area contributed by atoms with Crippen LogP contribution in [0.5, 0.6) is 5.75 Å². The number of thiazole rings is 1. The van der Waals surface area contributed by atoms with Gasteiger partial charge in [0.05, 0.1) is 12.2 Å². The second kappa shape index (κ2) is 9.22. The van der Waals surface area contributed by atoms with Crippen LogP contribution in [0.1, 0.15) is 28.8 Å². The lowest BCUT2D eigenvalue weighted by Gasteiger charge is -2.20. The molecule has 1 N–H and O–H groups in total. The standard InChI is InChI=1S/C19H25N3O2S/c1-5-9-22(19(23)20-6-2)11-16-13-25-18(21-16)12-24-17-8-7-14(3)15(4)10-17/h5,7-8,10,13H,1,6,9,11-12H2,2-4H3,(H,20,23). The van der Waals surface area contributed by atoms with Crippen LogP contribution >= 0.6 is 11.3 Å². The quantitative estimate of drug-likeness (QED) is 0.723. The summed E-state index contributed by atoms with van der Waals surface area (Å²) in [6.45, 7) is 11.7. The van der Waals surface area contributed by atoms with Gasteiger partial charge in [-0.15, -0.1) is 17.9 Å². The van der Waals surface area contributed by atoms with Crippen molar-refractivity contribution in [2.45, 2.75) is 33.9 Å². The molecular weight excluding hydrogens is 334 g/mol. The van der Waals surface area contributed by atoms with Gasteiger partial charge < -0.3 is 15.0 Å². The normalized spacial score (nSPS) is 10.4. The van der Waals surface area contributed by atoms with E-state index in [1.54, 1.807) is 22.3 Å². The summed E-state index contributed by atoms with van der Waals surface area (Å²) in [5.41, 5.74) is 3.31. The molecule has 0 bridgehead atoms. The first-order valence-corrected chi connectivity index (χ1v) is 9.18. The smallest absolute Gasteiger partial charge is 0.318 e. The van der Waals surface area contributed by atoms with Gasteiger partial charge in [-0.05, 0) is 44.0 Å². The molecule has 2 rings (SSSR count). The van der Waals surface area contributed by atoms with Crippen LogP contribution in [-0.2, 0) is 13.2 Å². The van der Waals surface area contributed by atoms with Crippen LogP contribution in [0.15, 0.2) is 36.2 Å². The Labute approximate surface area is 153 Å². The van der Waals surface area contributed by atoms with E-state index in [4.69, 9.17) is 4.74 Å². The fourth-order valence-electron chi connectivity index (χ4n) is 2.27. The lowest BCUT2D eigenvalue weighted by atomic mass is 10.1. The lowest BCUT2D eigenvalue weighted by Crippen LogP contribution is -2.39. The molecule has 0 spiro atoms. The van der Waals surface area contributed by atoms with E-state index < -0.39 is 0 Å². The van der Waals surface area contributed by atoms with Crippen LogP contribution in [-0.4, -0.2) is 29.0 Å². The number of rotatable bonds is 8. The molecule has 0 aliphatic carbocycles. The predicted octanol–water partition coefficient (Wildman–Crippen LogP) is 4.06. The molecule has 1 aromatic carbocycles. The first-order valence-electron chi connectivity index (χ1n) is 8.30. The molecule has 0 aliphatic rings. The number of urea groups is 1. The SMILES string of the molecule is C=CCN(Cc1csc(COc2ccc(C)c(C)c2)n1)C(=O)NCC.